The third-order valence-corrected chi connectivity index (χ3v) is 2.75. The molecule has 1 aromatic heterocycles. The first-order valence-corrected chi connectivity index (χ1v) is 6.17. The van der Waals surface area contributed by atoms with Gasteiger partial charge in [0.1, 0.15) is 12.1 Å². The summed E-state index contributed by atoms with van der Waals surface area (Å²) in [6.07, 6.45) is 0. The molecule has 0 amide bonds. The van der Waals surface area contributed by atoms with Crippen LogP contribution < -0.4 is 0 Å². The Labute approximate surface area is 129 Å². The molecular weight excluding hydrogens is 317 g/mol. The van der Waals surface area contributed by atoms with E-state index >= 15 is 0 Å². The molecule has 9 heteroatoms. The maximum absolute atomic E-state index is 8.47. The zero-order valence-electron chi connectivity index (χ0n) is 10.2. The van der Waals surface area contributed by atoms with Crippen molar-refractivity contribution in [2.75, 3.05) is 0 Å². The van der Waals surface area contributed by atoms with Gasteiger partial charge in [0.2, 0.25) is 5.89 Å². The Bertz CT molecular complexity index is 757. The molecule has 0 aliphatic heterocycles. The summed E-state index contributed by atoms with van der Waals surface area (Å²) in [5, 5.41) is 28.7. The van der Waals surface area contributed by atoms with Gasteiger partial charge in [0.25, 0.3) is 11.6 Å². The SMILES string of the molecule is N#CC(C#N)=NOCc1nnc(-c2cc(Cl)ccc2Cl)o1. The predicted molar refractivity (Wildman–Crippen MR) is 73.2 cm³/mol. The van der Waals surface area contributed by atoms with Gasteiger partial charge in [-0.2, -0.15) is 10.5 Å². The van der Waals surface area contributed by atoms with Gasteiger partial charge in [-0.1, -0.05) is 28.4 Å². The summed E-state index contributed by atoms with van der Waals surface area (Å²) >= 11 is 11.9. The summed E-state index contributed by atoms with van der Waals surface area (Å²) in [5.41, 5.74) is 0.0776. The van der Waals surface area contributed by atoms with Crippen molar-refractivity contribution in [2.24, 2.45) is 5.16 Å². The van der Waals surface area contributed by atoms with Crippen LogP contribution in [0.2, 0.25) is 10.0 Å². The quantitative estimate of drug-likeness (QED) is 0.632. The largest absolute Gasteiger partial charge is 0.417 e. The molecule has 21 heavy (non-hydrogen) atoms. The van der Waals surface area contributed by atoms with Crippen molar-refractivity contribution in [3.63, 3.8) is 0 Å². The number of hydrogen-bond acceptors (Lipinski definition) is 7. The van der Waals surface area contributed by atoms with E-state index in [2.05, 4.69) is 15.4 Å². The highest BCUT2D eigenvalue weighted by Crippen LogP contribution is 2.29. The molecule has 1 aromatic carbocycles. The fourth-order valence-corrected chi connectivity index (χ4v) is 1.67. The van der Waals surface area contributed by atoms with Crippen LogP contribution in [0.25, 0.3) is 11.5 Å². The monoisotopic (exact) mass is 321 g/mol. The summed E-state index contributed by atoms with van der Waals surface area (Å²) in [4.78, 5) is 4.75. The van der Waals surface area contributed by atoms with E-state index in [1.165, 1.54) is 0 Å². The maximum atomic E-state index is 8.47. The minimum Gasteiger partial charge on any atom is -0.417 e. The first kappa shape index (κ1) is 14.8. The van der Waals surface area contributed by atoms with Gasteiger partial charge in [0.15, 0.2) is 6.61 Å². The van der Waals surface area contributed by atoms with Crippen LogP contribution in [0.5, 0.6) is 0 Å². The van der Waals surface area contributed by atoms with Crippen LogP contribution in [-0.4, -0.2) is 15.9 Å². The highest BCUT2D eigenvalue weighted by molar-refractivity contribution is 6.35. The highest BCUT2D eigenvalue weighted by atomic mass is 35.5. The molecule has 0 spiro atoms. The summed E-state index contributed by atoms with van der Waals surface area (Å²) in [6, 6.07) is 7.92. The van der Waals surface area contributed by atoms with Gasteiger partial charge in [0.05, 0.1) is 10.6 Å². The van der Waals surface area contributed by atoms with E-state index in [-0.39, 0.29) is 18.4 Å². The van der Waals surface area contributed by atoms with Gasteiger partial charge in [0, 0.05) is 5.02 Å². The normalized spacial score (nSPS) is 9.52. The molecule has 0 unspecified atom stereocenters. The van der Waals surface area contributed by atoms with Crippen LogP contribution in [-0.2, 0) is 11.4 Å². The van der Waals surface area contributed by atoms with Gasteiger partial charge < -0.3 is 9.25 Å². The van der Waals surface area contributed by atoms with Crippen molar-refractivity contribution in [1.29, 1.82) is 10.5 Å². The molecule has 0 radical (unpaired) electrons. The van der Waals surface area contributed by atoms with E-state index < -0.39 is 5.71 Å². The fraction of sp³-hybridized carbons (Fsp3) is 0.0833. The van der Waals surface area contributed by atoms with E-state index in [1.807, 2.05) is 0 Å². The van der Waals surface area contributed by atoms with E-state index in [0.29, 0.717) is 15.6 Å². The highest BCUT2D eigenvalue weighted by Gasteiger charge is 2.13. The van der Waals surface area contributed by atoms with E-state index in [9.17, 15) is 0 Å². The molecule has 2 rings (SSSR count). The van der Waals surface area contributed by atoms with Gasteiger partial charge >= 0.3 is 0 Å². The molecule has 1 heterocycles. The minimum atomic E-state index is -0.410. The average molecular weight is 322 g/mol. The van der Waals surface area contributed by atoms with Crippen LogP contribution in [0, 0.1) is 22.7 Å². The fourth-order valence-electron chi connectivity index (χ4n) is 1.30. The van der Waals surface area contributed by atoms with Crippen LogP contribution in [0.15, 0.2) is 27.8 Å². The van der Waals surface area contributed by atoms with Crippen LogP contribution in [0.4, 0.5) is 0 Å². The number of hydrogen-bond donors (Lipinski definition) is 0. The van der Waals surface area contributed by atoms with Crippen molar-refractivity contribution in [3.8, 4) is 23.6 Å². The molecule has 104 valence electrons. The maximum Gasteiger partial charge on any atom is 0.257 e. The van der Waals surface area contributed by atoms with Gasteiger partial charge in [-0.25, -0.2) is 0 Å². The van der Waals surface area contributed by atoms with Crippen LogP contribution in [0.3, 0.4) is 0 Å². The Kier molecular flexibility index (Phi) is 4.72. The van der Waals surface area contributed by atoms with E-state index in [4.69, 9.17) is 43.0 Å². The first-order valence-electron chi connectivity index (χ1n) is 5.42. The summed E-state index contributed by atoms with van der Waals surface area (Å²) in [6.45, 7) is -0.182. The number of aromatic nitrogens is 2. The van der Waals surface area contributed by atoms with Crippen LogP contribution >= 0.6 is 23.2 Å². The Morgan fingerprint density at radius 1 is 1.29 bits per heavy atom. The standard InChI is InChI=1S/C12H5Cl2N5O2/c13-7-1-2-10(14)9(3-7)12-18-17-11(21-12)6-20-19-8(4-15)5-16/h1-3H,6H2. The molecule has 0 aliphatic rings. The van der Waals surface area contributed by atoms with Crippen molar-refractivity contribution in [2.45, 2.75) is 6.61 Å². The van der Waals surface area contributed by atoms with Gasteiger partial charge in [-0.3, -0.25) is 0 Å². The lowest BCUT2D eigenvalue weighted by atomic mass is 10.2. The number of oxime groups is 1. The topological polar surface area (TPSA) is 108 Å². The summed E-state index contributed by atoms with van der Waals surface area (Å²) in [5.74, 6) is 0.283. The van der Waals surface area contributed by atoms with Crippen molar-refractivity contribution < 1.29 is 9.25 Å². The molecule has 0 saturated heterocycles. The molecule has 0 atom stereocenters. The Hall–Kier alpha value is -2.61. The van der Waals surface area contributed by atoms with Crippen molar-refractivity contribution in [3.05, 3.63) is 34.1 Å². The predicted octanol–water partition coefficient (Wildman–Crippen LogP) is 2.96. The van der Waals surface area contributed by atoms with Crippen molar-refractivity contribution in [1.82, 2.24) is 10.2 Å². The lowest BCUT2D eigenvalue weighted by Gasteiger charge is -1.99. The number of nitrogens with zero attached hydrogens (tertiary/aromatic N) is 5. The zero-order chi connectivity index (χ0) is 15.2. The lowest BCUT2D eigenvalue weighted by molar-refractivity contribution is 0.112. The molecule has 0 bridgehead atoms. The Balaban J connectivity index is 2.12. The summed E-state index contributed by atoms with van der Waals surface area (Å²) in [7, 11) is 0. The second kappa shape index (κ2) is 6.71. The van der Waals surface area contributed by atoms with E-state index in [0.717, 1.165) is 0 Å². The molecule has 0 saturated carbocycles. The molecule has 0 N–H and O–H groups in total. The molecule has 2 aromatic rings. The van der Waals surface area contributed by atoms with Gasteiger partial charge in [-0.05, 0) is 18.2 Å². The number of nitriles is 2. The molecule has 7 nitrogen and oxygen atoms in total. The van der Waals surface area contributed by atoms with Crippen LogP contribution in [0.1, 0.15) is 5.89 Å². The number of halogens is 2. The number of benzene rings is 1. The smallest absolute Gasteiger partial charge is 0.257 e. The average Bonchev–Trinajstić information content (AvgIpc) is 2.95. The molecule has 0 aliphatic carbocycles. The van der Waals surface area contributed by atoms with E-state index in [1.54, 1.807) is 30.3 Å². The third kappa shape index (κ3) is 3.69. The van der Waals surface area contributed by atoms with Gasteiger partial charge in [-0.15, -0.1) is 10.2 Å². The molecular formula is C12H5Cl2N5O2. The molecule has 0 fully saturated rings. The van der Waals surface area contributed by atoms with Crippen molar-refractivity contribution >= 4 is 28.9 Å². The first-order chi connectivity index (χ1) is 10.1. The third-order valence-electron chi connectivity index (χ3n) is 2.18. The lowest BCUT2D eigenvalue weighted by Crippen LogP contribution is -1.93. The number of rotatable bonds is 4. The minimum absolute atomic E-state index is 0.111. The Morgan fingerprint density at radius 3 is 2.76 bits per heavy atom. The second-order valence-corrected chi connectivity index (χ2v) is 4.41. The Morgan fingerprint density at radius 2 is 2.05 bits per heavy atom. The zero-order valence-corrected chi connectivity index (χ0v) is 11.8. The second-order valence-electron chi connectivity index (χ2n) is 3.56. The summed E-state index contributed by atoms with van der Waals surface area (Å²) < 4.78 is 5.33.